The summed E-state index contributed by atoms with van der Waals surface area (Å²) in [5.74, 6) is 0.975. The second-order valence-corrected chi connectivity index (χ2v) is 4.21. The van der Waals surface area contributed by atoms with Crippen molar-refractivity contribution in [3.8, 4) is 11.5 Å². The average Bonchev–Trinajstić information content (AvgIpc) is 2.87. The van der Waals surface area contributed by atoms with E-state index in [0.29, 0.717) is 23.7 Å². The van der Waals surface area contributed by atoms with Crippen LogP contribution in [0, 0.1) is 10.1 Å². The molecule has 7 heteroatoms. The molecule has 1 N–H and O–H groups in total. The first-order valence-corrected chi connectivity index (χ1v) is 5.85. The van der Waals surface area contributed by atoms with E-state index in [4.69, 9.17) is 4.52 Å². The van der Waals surface area contributed by atoms with Crippen LogP contribution in [0.4, 0.5) is 5.69 Å². The molecule has 0 aliphatic rings. The van der Waals surface area contributed by atoms with Gasteiger partial charge in [0.2, 0.25) is 0 Å². The molecule has 2 aromatic rings. The molecule has 100 valence electrons. The van der Waals surface area contributed by atoms with Gasteiger partial charge in [0.15, 0.2) is 5.82 Å². The van der Waals surface area contributed by atoms with E-state index < -0.39 is 4.92 Å². The SMILES string of the molecule is CNC(C)Cc1noc(-c2ccc([N+](=O)[O-])cc2)n1. The van der Waals surface area contributed by atoms with Crippen molar-refractivity contribution < 1.29 is 9.45 Å². The van der Waals surface area contributed by atoms with Crippen molar-refractivity contribution in [1.29, 1.82) is 0 Å². The third-order valence-corrected chi connectivity index (χ3v) is 2.77. The topological polar surface area (TPSA) is 94.1 Å². The van der Waals surface area contributed by atoms with Crippen molar-refractivity contribution in [2.24, 2.45) is 0 Å². The normalized spacial score (nSPS) is 12.3. The molecule has 0 aliphatic carbocycles. The number of hydrogen-bond donors (Lipinski definition) is 1. The number of nitrogens with one attached hydrogen (secondary N) is 1. The standard InChI is InChI=1S/C12H14N4O3/c1-8(13-2)7-11-14-12(19-15-11)9-3-5-10(6-4-9)16(17)18/h3-6,8,13H,7H2,1-2H3. The van der Waals surface area contributed by atoms with Crippen molar-refractivity contribution >= 4 is 5.69 Å². The first-order valence-electron chi connectivity index (χ1n) is 5.85. The second kappa shape index (κ2) is 5.57. The lowest BCUT2D eigenvalue weighted by Gasteiger charge is -2.04. The molecule has 1 unspecified atom stereocenters. The van der Waals surface area contributed by atoms with Gasteiger partial charge in [0, 0.05) is 30.2 Å². The molecular weight excluding hydrogens is 248 g/mol. The number of nitro benzene ring substituents is 1. The van der Waals surface area contributed by atoms with Crippen molar-refractivity contribution in [2.75, 3.05) is 7.05 Å². The molecule has 0 saturated carbocycles. The minimum absolute atomic E-state index is 0.0345. The molecule has 1 aromatic heterocycles. The molecule has 1 aromatic carbocycles. The van der Waals surface area contributed by atoms with E-state index in [2.05, 4.69) is 15.5 Å². The zero-order valence-corrected chi connectivity index (χ0v) is 10.7. The van der Waals surface area contributed by atoms with Crippen LogP contribution in [0.5, 0.6) is 0 Å². The summed E-state index contributed by atoms with van der Waals surface area (Å²) in [5, 5.41) is 17.5. The van der Waals surface area contributed by atoms with E-state index in [9.17, 15) is 10.1 Å². The molecule has 0 saturated heterocycles. The monoisotopic (exact) mass is 262 g/mol. The van der Waals surface area contributed by atoms with Gasteiger partial charge < -0.3 is 9.84 Å². The van der Waals surface area contributed by atoms with Gasteiger partial charge in [0.05, 0.1) is 4.92 Å². The van der Waals surface area contributed by atoms with Gasteiger partial charge in [0.25, 0.3) is 11.6 Å². The molecule has 0 amide bonds. The Morgan fingerprint density at radius 2 is 2.11 bits per heavy atom. The number of hydrogen-bond acceptors (Lipinski definition) is 6. The molecule has 0 aliphatic heterocycles. The summed E-state index contributed by atoms with van der Waals surface area (Å²) in [6, 6.07) is 6.26. The summed E-state index contributed by atoms with van der Waals surface area (Å²) in [6.07, 6.45) is 0.660. The van der Waals surface area contributed by atoms with E-state index in [-0.39, 0.29) is 11.7 Å². The fourth-order valence-corrected chi connectivity index (χ4v) is 1.56. The first-order chi connectivity index (χ1) is 9.10. The Hall–Kier alpha value is -2.28. The molecule has 0 spiro atoms. The van der Waals surface area contributed by atoms with E-state index in [0.717, 1.165) is 0 Å². The van der Waals surface area contributed by atoms with Gasteiger partial charge in [0.1, 0.15) is 0 Å². The highest BCUT2D eigenvalue weighted by molar-refractivity contribution is 5.55. The molecular formula is C12H14N4O3. The Morgan fingerprint density at radius 3 is 2.68 bits per heavy atom. The summed E-state index contributed by atoms with van der Waals surface area (Å²) in [7, 11) is 1.86. The van der Waals surface area contributed by atoms with Gasteiger partial charge >= 0.3 is 0 Å². The van der Waals surface area contributed by atoms with E-state index >= 15 is 0 Å². The predicted molar refractivity (Wildman–Crippen MR) is 68.6 cm³/mol. The van der Waals surface area contributed by atoms with Crippen molar-refractivity contribution in [2.45, 2.75) is 19.4 Å². The van der Waals surface area contributed by atoms with Crippen LogP contribution >= 0.6 is 0 Å². The van der Waals surface area contributed by atoms with Crippen LogP contribution < -0.4 is 5.32 Å². The highest BCUT2D eigenvalue weighted by atomic mass is 16.6. The van der Waals surface area contributed by atoms with Crippen LogP contribution in [-0.2, 0) is 6.42 Å². The molecule has 19 heavy (non-hydrogen) atoms. The summed E-state index contributed by atoms with van der Waals surface area (Å²) < 4.78 is 5.14. The van der Waals surface area contributed by atoms with Crippen LogP contribution in [0.25, 0.3) is 11.5 Å². The molecule has 0 fully saturated rings. The average molecular weight is 262 g/mol. The Morgan fingerprint density at radius 1 is 1.42 bits per heavy atom. The Balaban J connectivity index is 2.16. The summed E-state index contributed by atoms with van der Waals surface area (Å²) >= 11 is 0. The lowest BCUT2D eigenvalue weighted by Crippen LogP contribution is -2.24. The number of aromatic nitrogens is 2. The minimum Gasteiger partial charge on any atom is -0.334 e. The van der Waals surface area contributed by atoms with Crippen LogP contribution in [0.15, 0.2) is 28.8 Å². The van der Waals surface area contributed by atoms with Crippen molar-refractivity contribution in [3.05, 3.63) is 40.2 Å². The van der Waals surface area contributed by atoms with E-state index in [1.807, 2.05) is 14.0 Å². The molecule has 0 bridgehead atoms. The highest BCUT2D eigenvalue weighted by Crippen LogP contribution is 2.20. The number of likely N-dealkylation sites (N-methyl/N-ethyl adjacent to an activating group) is 1. The fraction of sp³-hybridized carbons (Fsp3) is 0.333. The maximum Gasteiger partial charge on any atom is 0.269 e. The lowest BCUT2D eigenvalue weighted by molar-refractivity contribution is -0.384. The summed E-state index contributed by atoms with van der Waals surface area (Å²) in [4.78, 5) is 14.4. The number of non-ortho nitro benzene ring substituents is 1. The maximum atomic E-state index is 10.6. The summed E-state index contributed by atoms with van der Waals surface area (Å²) in [5.41, 5.74) is 0.703. The largest absolute Gasteiger partial charge is 0.334 e. The highest BCUT2D eigenvalue weighted by Gasteiger charge is 2.12. The van der Waals surface area contributed by atoms with Crippen LogP contribution in [-0.4, -0.2) is 28.2 Å². The number of nitro groups is 1. The Bertz CT molecular complexity index is 565. The van der Waals surface area contributed by atoms with Crippen LogP contribution in [0.3, 0.4) is 0 Å². The van der Waals surface area contributed by atoms with Crippen LogP contribution in [0.2, 0.25) is 0 Å². The van der Waals surface area contributed by atoms with Gasteiger partial charge in [-0.05, 0) is 26.1 Å². The maximum absolute atomic E-state index is 10.6. The van der Waals surface area contributed by atoms with Gasteiger partial charge in [-0.1, -0.05) is 5.16 Å². The van der Waals surface area contributed by atoms with Gasteiger partial charge in [-0.15, -0.1) is 0 Å². The lowest BCUT2D eigenvalue weighted by atomic mass is 10.2. The fourth-order valence-electron chi connectivity index (χ4n) is 1.56. The Kier molecular flexibility index (Phi) is 3.86. The van der Waals surface area contributed by atoms with Gasteiger partial charge in [-0.3, -0.25) is 10.1 Å². The van der Waals surface area contributed by atoms with Crippen LogP contribution in [0.1, 0.15) is 12.7 Å². The van der Waals surface area contributed by atoms with Gasteiger partial charge in [-0.2, -0.15) is 4.98 Å². The predicted octanol–water partition coefficient (Wildman–Crippen LogP) is 1.80. The zero-order chi connectivity index (χ0) is 13.8. The van der Waals surface area contributed by atoms with E-state index in [1.54, 1.807) is 12.1 Å². The number of benzene rings is 1. The second-order valence-electron chi connectivity index (χ2n) is 4.21. The molecule has 2 rings (SSSR count). The smallest absolute Gasteiger partial charge is 0.269 e. The molecule has 0 radical (unpaired) electrons. The molecule has 1 heterocycles. The van der Waals surface area contributed by atoms with Crippen molar-refractivity contribution in [1.82, 2.24) is 15.5 Å². The molecule has 1 atom stereocenters. The minimum atomic E-state index is -0.447. The quantitative estimate of drug-likeness (QED) is 0.652. The Labute approximate surface area is 109 Å². The van der Waals surface area contributed by atoms with Crippen molar-refractivity contribution in [3.63, 3.8) is 0 Å². The zero-order valence-electron chi connectivity index (χ0n) is 10.7. The number of nitrogens with zero attached hydrogens (tertiary/aromatic N) is 3. The third-order valence-electron chi connectivity index (χ3n) is 2.77. The first kappa shape index (κ1) is 13.2. The third kappa shape index (κ3) is 3.14. The summed E-state index contributed by atoms with van der Waals surface area (Å²) in [6.45, 7) is 2.02. The van der Waals surface area contributed by atoms with Gasteiger partial charge in [-0.25, -0.2) is 0 Å². The molecule has 7 nitrogen and oxygen atoms in total. The number of rotatable bonds is 5. The van der Waals surface area contributed by atoms with E-state index in [1.165, 1.54) is 12.1 Å².